The summed E-state index contributed by atoms with van der Waals surface area (Å²) in [4.78, 5) is 4.74. The van der Waals surface area contributed by atoms with Crippen LogP contribution < -0.4 is 0 Å². The summed E-state index contributed by atoms with van der Waals surface area (Å²) in [5.41, 5.74) is 0.968. The molecule has 1 spiro atoms. The molecule has 0 aromatic carbocycles. The van der Waals surface area contributed by atoms with Crippen molar-refractivity contribution in [3.63, 3.8) is 0 Å². The van der Waals surface area contributed by atoms with Gasteiger partial charge in [-0.15, -0.1) is 0 Å². The molecule has 2 aliphatic heterocycles. The Labute approximate surface area is 148 Å². The number of rotatable bonds is 4. The molecule has 4 heterocycles. The molecular formula is C19H27FN4O. The topological polar surface area (TPSA) is 37.4 Å². The third kappa shape index (κ3) is 3.51. The maximum atomic E-state index is 14.9. The quantitative estimate of drug-likeness (QED) is 0.853. The van der Waals surface area contributed by atoms with E-state index in [9.17, 15) is 4.39 Å². The molecule has 0 N–H and O–H groups in total. The Kier molecular flexibility index (Phi) is 4.41. The number of nitrogens with zero attached hydrogens (tertiary/aromatic N) is 4. The molecule has 2 aromatic rings. The Morgan fingerprint density at radius 1 is 1.24 bits per heavy atom. The number of hydrogen-bond donors (Lipinski definition) is 0. The first kappa shape index (κ1) is 16.8. The fraction of sp³-hybridized carbons (Fsp3) is 0.632. The van der Waals surface area contributed by atoms with Crippen LogP contribution in [0.1, 0.15) is 29.9 Å². The van der Waals surface area contributed by atoms with Crippen LogP contribution in [0.15, 0.2) is 28.9 Å². The van der Waals surface area contributed by atoms with Crippen molar-refractivity contribution < 1.29 is 8.81 Å². The molecule has 25 heavy (non-hydrogen) atoms. The van der Waals surface area contributed by atoms with E-state index in [0.29, 0.717) is 6.42 Å². The third-order valence-electron chi connectivity index (χ3n) is 5.71. The van der Waals surface area contributed by atoms with Gasteiger partial charge in [-0.1, -0.05) is 0 Å². The van der Waals surface area contributed by atoms with E-state index in [1.165, 1.54) is 5.56 Å². The molecule has 2 aliphatic rings. The van der Waals surface area contributed by atoms with Crippen molar-refractivity contribution >= 4 is 0 Å². The first-order valence-corrected chi connectivity index (χ1v) is 9.14. The molecule has 0 aliphatic carbocycles. The first-order chi connectivity index (χ1) is 12.0. The predicted molar refractivity (Wildman–Crippen MR) is 93.8 cm³/mol. The fourth-order valence-corrected chi connectivity index (χ4v) is 4.47. The molecule has 2 atom stereocenters. The highest BCUT2D eigenvalue weighted by atomic mass is 19.1. The van der Waals surface area contributed by atoms with Crippen LogP contribution in [0.4, 0.5) is 4.39 Å². The summed E-state index contributed by atoms with van der Waals surface area (Å²) >= 11 is 0. The minimum Gasteiger partial charge on any atom is -0.465 e. The Bertz CT molecular complexity index is 727. The van der Waals surface area contributed by atoms with E-state index in [1.807, 2.05) is 43.2 Å². The number of hydrogen-bond acceptors (Lipinski definition) is 4. The number of furan rings is 1. The molecular weight excluding hydrogens is 319 g/mol. The molecule has 0 bridgehead atoms. The normalized spacial score (nSPS) is 28.2. The summed E-state index contributed by atoms with van der Waals surface area (Å²) in [6.07, 6.45) is 4.80. The highest BCUT2D eigenvalue weighted by Gasteiger charge is 2.48. The van der Waals surface area contributed by atoms with Gasteiger partial charge >= 0.3 is 0 Å². The second-order valence-electron chi connectivity index (χ2n) is 7.82. The van der Waals surface area contributed by atoms with Crippen LogP contribution in [0.5, 0.6) is 0 Å². The van der Waals surface area contributed by atoms with Gasteiger partial charge in [-0.3, -0.25) is 14.5 Å². The van der Waals surface area contributed by atoms with E-state index in [-0.39, 0.29) is 5.41 Å². The van der Waals surface area contributed by atoms with E-state index in [0.717, 1.165) is 57.2 Å². The summed E-state index contributed by atoms with van der Waals surface area (Å²) in [6.45, 7) is 7.03. The minimum absolute atomic E-state index is 0.234. The van der Waals surface area contributed by atoms with Crippen LogP contribution in [-0.4, -0.2) is 51.9 Å². The van der Waals surface area contributed by atoms with Gasteiger partial charge in [0.05, 0.1) is 12.7 Å². The van der Waals surface area contributed by atoms with Gasteiger partial charge in [0.15, 0.2) is 0 Å². The largest absolute Gasteiger partial charge is 0.465 e. The lowest BCUT2D eigenvalue weighted by Crippen LogP contribution is -2.51. The molecule has 0 unspecified atom stereocenters. The molecule has 2 aromatic heterocycles. The molecule has 0 amide bonds. The van der Waals surface area contributed by atoms with Crippen molar-refractivity contribution in [3.05, 3.63) is 41.6 Å². The lowest BCUT2D eigenvalue weighted by molar-refractivity contribution is 0.00326. The van der Waals surface area contributed by atoms with Crippen molar-refractivity contribution in [2.45, 2.75) is 39.0 Å². The maximum Gasteiger partial charge on any atom is 0.118 e. The van der Waals surface area contributed by atoms with Crippen LogP contribution in [-0.2, 0) is 20.1 Å². The summed E-state index contributed by atoms with van der Waals surface area (Å²) in [5.74, 6) is 1.92. The number of halogens is 1. The van der Waals surface area contributed by atoms with Crippen LogP contribution in [0.3, 0.4) is 0 Å². The van der Waals surface area contributed by atoms with Gasteiger partial charge < -0.3 is 4.42 Å². The van der Waals surface area contributed by atoms with Gasteiger partial charge in [-0.2, -0.15) is 5.10 Å². The number of piperidine rings is 1. The van der Waals surface area contributed by atoms with Gasteiger partial charge in [0.25, 0.3) is 0 Å². The minimum atomic E-state index is -0.707. The van der Waals surface area contributed by atoms with E-state index in [4.69, 9.17) is 4.42 Å². The van der Waals surface area contributed by atoms with Gasteiger partial charge in [0, 0.05) is 50.4 Å². The van der Waals surface area contributed by atoms with Gasteiger partial charge in [0.2, 0.25) is 0 Å². The predicted octanol–water partition coefficient (Wildman–Crippen LogP) is 2.76. The summed E-state index contributed by atoms with van der Waals surface area (Å²) in [5, 5.41) is 4.24. The Balaban J connectivity index is 1.41. The van der Waals surface area contributed by atoms with Gasteiger partial charge in [-0.05, 0) is 38.4 Å². The Morgan fingerprint density at radius 2 is 2.04 bits per heavy atom. The van der Waals surface area contributed by atoms with E-state index >= 15 is 0 Å². The van der Waals surface area contributed by atoms with Crippen molar-refractivity contribution in [2.24, 2.45) is 12.5 Å². The number of likely N-dealkylation sites (tertiary alicyclic amines) is 2. The van der Waals surface area contributed by atoms with E-state index in [2.05, 4.69) is 14.9 Å². The first-order valence-electron chi connectivity index (χ1n) is 9.14. The van der Waals surface area contributed by atoms with Crippen LogP contribution in [0, 0.1) is 12.3 Å². The number of alkyl halides is 1. The molecule has 5 nitrogen and oxygen atoms in total. The summed E-state index contributed by atoms with van der Waals surface area (Å²) in [7, 11) is 1.93. The summed E-state index contributed by atoms with van der Waals surface area (Å²) in [6, 6.07) is 4.03. The van der Waals surface area contributed by atoms with Crippen molar-refractivity contribution in [3.8, 4) is 0 Å². The van der Waals surface area contributed by atoms with Crippen LogP contribution in [0.25, 0.3) is 0 Å². The zero-order chi connectivity index (χ0) is 17.4. The zero-order valence-electron chi connectivity index (χ0n) is 15.1. The van der Waals surface area contributed by atoms with Gasteiger partial charge in [-0.25, -0.2) is 4.39 Å². The van der Waals surface area contributed by atoms with Crippen LogP contribution in [0.2, 0.25) is 0 Å². The average Bonchev–Trinajstić information content (AvgIpc) is 3.27. The monoisotopic (exact) mass is 346 g/mol. The lowest BCUT2D eigenvalue weighted by atomic mass is 9.77. The van der Waals surface area contributed by atoms with Crippen molar-refractivity contribution in [2.75, 3.05) is 26.2 Å². The zero-order valence-corrected chi connectivity index (χ0v) is 15.1. The maximum absolute atomic E-state index is 14.9. The molecule has 4 rings (SSSR count). The second-order valence-corrected chi connectivity index (χ2v) is 7.82. The average molecular weight is 346 g/mol. The highest BCUT2D eigenvalue weighted by molar-refractivity contribution is 5.08. The van der Waals surface area contributed by atoms with E-state index in [1.54, 1.807) is 0 Å². The van der Waals surface area contributed by atoms with E-state index < -0.39 is 6.17 Å². The number of aryl methyl sites for hydroxylation is 2. The molecule has 2 saturated heterocycles. The third-order valence-corrected chi connectivity index (χ3v) is 5.71. The van der Waals surface area contributed by atoms with Crippen molar-refractivity contribution in [1.82, 2.24) is 19.6 Å². The van der Waals surface area contributed by atoms with Crippen molar-refractivity contribution in [1.29, 1.82) is 0 Å². The number of aromatic nitrogens is 2. The second kappa shape index (κ2) is 6.57. The molecule has 2 fully saturated rings. The molecule has 6 heteroatoms. The van der Waals surface area contributed by atoms with Gasteiger partial charge in [0.1, 0.15) is 17.7 Å². The summed E-state index contributed by atoms with van der Waals surface area (Å²) < 4.78 is 22.4. The smallest absolute Gasteiger partial charge is 0.118 e. The molecule has 136 valence electrons. The lowest BCUT2D eigenvalue weighted by Gasteiger charge is -2.42. The highest BCUT2D eigenvalue weighted by Crippen LogP contribution is 2.41. The fourth-order valence-electron chi connectivity index (χ4n) is 4.47. The molecule has 0 radical (unpaired) electrons. The Hall–Kier alpha value is -1.66. The SMILES string of the molecule is Cc1ccc(CN2CC[C@H](F)[C@]3(CCN(Cc4cnn(C)c4)C3)C2)o1. The Morgan fingerprint density at radius 3 is 2.72 bits per heavy atom. The standard InChI is InChI=1S/C19H27FN4O/c1-15-3-4-17(25-15)12-23-7-5-18(20)19(13-23)6-8-24(14-19)11-16-9-21-22(2)10-16/h3-4,9-10,18H,5-8,11-14H2,1-2H3/t18-,19+/m0/s1. The van der Waals surface area contributed by atoms with Crippen LogP contribution >= 0.6 is 0 Å². The molecule has 0 saturated carbocycles.